The second-order valence-electron chi connectivity index (χ2n) is 9.45. The first-order valence-corrected chi connectivity index (χ1v) is 15.0. The Labute approximate surface area is 267 Å². The third kappa shape index (κ3) is 11.0. The summed E-state index contributed by atoms with van der Waals surface area (Å²) in [6, 6.07) is 15.1. The summed E-state index contributed by atoms with van der Waals surface area (Å²) in [7, 11) is 0. The molecule has 0 aliphatic carbocycles. The van der Waals surface area contributed by atoms with Crippen LogP contribution < -0.4 is 10.7 Å². The normalized spacial score (nSPS) is 11.7. The maximum absolute atomic E-state index is 13.1. The van der Waals surface area contributed by atoms with E-state index in [1.807, 2.05) is 26.0 Å². The van der Waals surface area contributed by atoms with Crippen LogP contribution in [0.25, 0.3) is 0 Å². The molecule has 0 aliphatic rings. The lowest BCUT2D eigenvalue weighted by Crippen LogP contribution is -2.30. The topological polar surface area (TPSA) is 92.3 Å². The van der Waals surface area contributed by atoms with E-state index in [0.29, 0.717) is 43.0 Å². The highest BCUT2D eigenvalue weighted by molar-refractivity contribution is 9.10. The molecule has 0 saturated heterocycles. The minimum Gasteiger partial charge on any atom is -0.380 e. The molecule has 8 nitrogen and oxygen atoms in total. The number of anilines is 1. The molecule has 0 atom stereocenters. The first-order valence-electron chi connectivity index (χ1n) is 13.8. The van der Waals surface area contributed by atoms with Crippen LogP contribution in [0.4, 0.5) is 18.9 Å². The van der Waals surface area contributed by atoms with Gasteiger partial charge in [-0.3, -0.25) is 14.5 Å². The van der Waals surface area contributed by atoms with Crippen LogP contribution in [0, 0.1) is 0 Å². The van der Waals surface area contributed by atoms with Crippen molar-refractivity contribution in [2.24, 2.45) is 5.10 Å². The van der Waals surface area contributed by atoms with Crippen LogP contribution in [0.3, 0.4) is 0 Å². The maximum Gasteiger partial charge on any atom is 0.417 e. The van der Waals surface area contributed by atoms with Gasteiger partial charge in [0.2, 0.25) is 0 Å². The molecule has 0 fully saturated rings. The Bertz CT molecular complexity index is 1430. The number of carbonyl (C=O) groups excluding carboxylic acids is 2. The summed E-state index contributed by atoms with van der Waals surface area (Å²) in [5, 5.41) is 6.08. The van der Waals surface area contributed by atoms with E-state index in [1.54, 1.807) is 24.3 Å². The van der Waals surface area contributed by atoms with Gasteiger partial charge in [0.15, 0.2) is 0 Å². The Morgan fingerprint density at radius 1 is 0.955 bits per heavy atom. The van der Waals surface area contributed by atoms with Gasteiger partial charge < -0.3 is 14.8 Å². The maximum atomic E-state index is 13.1. The molecule has 3 rings (SSSR count). The standard InChI is InChI=1S/C31H33BrClF3N4O4/c1-3-43-15-13-40(14-16-44-4-2)20-21-5-8-23(9-6-21)29(41)38-28-12-10-24(32)18-25(28)30(42)39-37-19-22-7-11-27(33)26(17-22)31(34,35)36/h5-12,17-19H,3-4,13-16,20H2,1-2H3,(H,38,41)(H,39,42)/b37-19-. The van der Waals surface area contributed by atoms with Gasteiger partial charge >= 0.3 is 6.18 Å². The van der Waals surface area contributed by atoms with Gasteiger partial charge in [0.25, 0.3) is 11.8 Å². The minimum atomic E-state index is -4.64. The fourth-order valence-corrected chi connectivity index (χ4v) is 4.63. The summed E-state index contributed by atoms with van der Waals surface area (Å²) < 4.78 is 51.0. The van der Waals surface area contributed by atoms with Gasteiger partial charge in [-0.1, -0.05) is 45.7 Å². The molecule has 0 aromatic heterocycles. The number of benzene rings is 3. The molecule has 0 unspecified atom stereocenters. The molecule has 0 bridgehead atoms. The molecule has 3 aromatic rings. The largest absolute Gasteiger partial charge is 0.417 e. The van der Waals surface area contributed by atoms with Crippen molar-refractivity contribution in [1.29, 1.82) is 0 Å². The quantitative estimate of drug-likeness (QED) is 0.101. The first kappa shape index (κ1) is 35.2. The van der Waals surface area contributed by atoms with Crippen molar-refractivity contribution in [3.05, 3.63) is 98.0 Å². The van der Waals surface area contributed by atoms with Crippen molar-refractivity contribution in [3.63, 3.8) is 0 Å². The smallest absolute Gasteiger partial charge is 0.380 e. The SMILES string of the molecule is CCOCCN(CCOCC)Cc1ccc(C(=O)Nc2ccc(Br)cc2C(=O)N/N=C\c2ccc(Cl)c(C(F)(F)F)c2)cc1. The van der Waals surface area contributed by atoms with Gasteiger partial charge in [-0.05, 0) is 67.4 Å². The number of nitrogens with zero attached hydrogens (tertiary/aromatic N) is 2. The zero-order chi connectivity index (χ0) is 32.1. The summed E-state index contributed by atoms with van der Waals surface area (Å²) >= 11 is 8.96. The van der Waals surface area contributed by atoms with Gasteiger partial charge in [-0.2, -0.15) is 18.3 Å². The van der Waals surface area contributed by atoms with E-state index >= 15 is 0 Å². The Morgan fingerprint density at radius 3 is 2.23 bits per heavy atom. The van der Waals surface area contributed by atoms with Gasteiger partial charge in [-0.25, -0.2) is 5.43 Å². The predicted molar refractivity (Wildman–Crippen MR) is 168 cm³/mol. The van der Waals surface area contributed by atoms with Crippen molar-refractivity contribution in [3.8, 4) is 0 Å². The zero-order valence-electron chi connectivity index (χ0n) is 24.2. The molecule has 13 heteroatoms. The van der Waals surface area contributed by atoms with Gasteiger partial charge in [0.05, 0.1) is 41.3 Å². The minimum absolute atomic E-state index is 0.0833. The number of ether oxygens (including phenoxy) is 2. The van der Waals surface area contributed by atoms with E-state index in [-0.39, 0.29) is 16.8 Å². The van der Waals surface area contributed by atoms with Crippen LogP contribution >= 0.6 is 27.5 Å². The number of halogens is 5. The van der Waals surface area contributed by atoms with E-state index < -0.39 is 28.6 Å². The third-order valence-corrected chi connectivity index (χ3v) is 7.11. The number of hydrogen-bond donors (Lipinski definition) is 2. The molecule has 0 aliphatic heterocycles. The summed E-state index contributed by atoms with van der Waals surface area (Å²) in [5.74, 6) is -1.11. The lowest BCUT2D eigenvalue weighted by molar-refractivity contribution is -0.137. The number of nitrogens with one attached hydrogen (secondary N) is 2. The summed E-state index contributed by atoms with van der Waals surface area (Å²) in [4.78, 5) is 28.2. The second kappa shape index (κ2) is 17.3. The Kier molecular flexibility index (Phi) is 13.8. The van der Waals surface area contributed by atoms with Crippen molar-refractivity contribution >= 4 is 51.2 Å². The summed E-state index contributed by atoms with van der Waals surface area (Å²) in [5.41, 5.74) is 3.07. The average molecular weight is 698 g/mol. The molecule has 2 amide bonds. The van der Waals surface area contributed by atoms with Crippen LogP contribution in [-0.4, -0.2) is 62.4 Å². The molecule has 0 radical (unpaired) electrons. The lowest BCUT2D eigenvalue weighted by Gasteiger charge is -2.22. The monoisotopic (exact) mass is 696 g/mol. The number of rotatable bonds is 15. The number of carbonyl (C=O) groups is 2. The van der Waals surface area contributed by atoms with E-state index in [0.717, 1.165) is 37.0 Å². The molecular formula is C31H33BrClF3N4O4. The van der Waals surface area contributed by atoms with Gasteiger partial charge in [0, 0.05) is 42.9 Å². The van der Waals surface area contributed by atoms with Crippen LogP contribution in [0.15, 0.2) is 70.2 Å². The average Bonchev–Trinajstić information content (AvgIpc) is 2.98. The fourth-order valence-electron chi connectivity index (χ4n) is 4.04. The van der Waals surface area contributed by atoms with Crippen LogP contribution in [0.5, 0.6) is 0 Å². The van der Waals surface area contributed by atoms with Crippen molar-refractivity contribution < 1.29 is 32.2 Å². The van der Waals surface area contributed by atoms with E-state index in [2.05, 4.69) is 36.7 Å². The van der Waals surface area contributed by atoms with Gasteiger partial charge in [-0.15, -0.1) is 0 Å². The van der Waals surface area contributed by atoms with E-state index in [4.69, 9.17) is 21.1 Å². The molecule has 0 heterocycles. The van der Waals surface area contributed by atoms with Crippen molar-refractivity contribution in [1.82, 2.24) is 10.3 Å². The number of hydrogen-bond acceptors (Lipinski definition) is 6. The van der Waals surface area contributed by atoms with Gasteiger partial charge in [0.1, 0.15) is 0 Å². The number of alkyl halides is 3. The van der Waals surface area contributed by atoms with E-state index in [1.165, 1.54) is 12.1 Å². The molecule has 236 valence electrons. The van der Waals surface area contributed by atoms with Crippen LogP contribution in [-0.2, 0) is 22.2 Å². The highest BCUT2D eigenvalue weighted by atomic mass is 79.9. The molecular weight excluding hydrogens is 665 g/mol. The third-order valence-electron chi connectivity index (χ3n) is 6.28. The molecule has 0 saturated carbocycles. The molecule has 44 heavy (non-hydrogen) atoms. The van der Waals surface area contributed by atoms with Crippen LogP contribution in [0.2, 0.25) is 5.02 Å². The lowest BCUT2D eigenvalue weighted by atomic mass is 10.1. The Hall–Kier alpha value is -3.29. The fraction of sp³-hybridized carbons (Fsp3) is 0.323. The number of hydrazone groups is 1. The first-order chi connectivity index (χ1) is 21.0. The second-order valence-corrected chi connectivity index (χ2v) is 10.8. The van der Waals surface area contributed by atoms with Crippen molar-refractivity contribution in [2.45, 2.75) is 26.6 Å². The summed E-state index contributed by atoms with van der Waals surface area (Å²) in [6.07, 6.45) is -3.57. The highest BCUT2D eigenvalue weighted by Crippen LogP contribution is 2.34. The summed E-state index contributed by atoms with van der Waals surface area (Å²) in [6.45, 7) is 8.57. The molecule has 0 spiro atoms. The number of amides is 2. The van der Waals surface area contributed by atoms with E-state index in [9.17, 15) is 22.8 Å². The molecule has 2 N–H and O–H groups in total. The van der Waals surface area contributed by atoms with Crippen LogP contribution in [0.1, 0.15) is 51.3 Å². The Balaban J connectivity index is 1.67. The predicted octanol–water partition coefficient (Wildman–Crippen LogP) is 7.01. The zero-order valence-corrected chi connectivity index (χ0v) is 26.6. The van der Waals surface area contributed by atoms with Crippen molar-refractivity contribution in [2.75, 3.05) is 44.8 Å². The molecule has 3 aromatic carbocycles. The Morgan fingerprint density at radius 2 is 1.61 bits per heavy atom. The highest BCUT2D eigenvalue weighted by Gasteiger charge is 2.33.